The summed E-state index contributed by atoms with van der Waals surface area (Å²) in [5, 5.41) is 0. The van der Waals surface area contributed by atoms with Gasteiger partial charge < -0.3 is 20.4 Å². The number of fused-ring (bicyclic) bond motifs is 1. The normalized spacial score (nSPS) is 16.4. The van der Waals surface area contributed by atoms with Crippen molar-refractivity contribution in [2.75, 3.05) is 25.1 Å². The first kappa shape index (κ1) is 13.9. The fraction of sp³-hybridized carbons (Fsp3) is 0.467. The Morgan fingerprint density at radius 1 is 1.48 bits per heavy atom. The molecule has 112 valence electrons. The third-order valence-corrected chi connectivity index (χ3v) is 4.10. The number of methoxy groups -OCH3 is 1. The van der Waals surface area contributed by atoms with Crippen molar-refractivity contribution < 1.29 is 9.53 Å². The summed E-state index contributed by atoms with van der Waals surface area (Å²) in [4.78, 5) is 21.5. The van der Waals surface area contributed by atoms with Gasteiger partial charge in [-0.25, -0.2) is 4.98 Å². The number of anilines is 1. The van der Waals surface area contributed by atoms with Crippen LogP contribution in [0.1, 0.15) is 18.7 Å². The SMILES string of the molecule is COC(=O)C1CCN(c2ccc3nc(CN)[nH]c3c2)CC1. The highest BCUT2D eigenvalue weighted by atomic mass is 16.5. The molecule has 1 fully saturated rings. The van der Waals surface area contributed by atoms with E-state index < -0.39 is 0 Å². The van der Waals surface area contributed by atoms with Crippen LogP contribution in [0, 0.1) is 5.92 Å². The molecule has 0 saturated carbocycles. The zero-order valence-electron chi connectivity index (χ0n) is 12.1. The van der Waals surface area contributed by atoms with Crippen molar-refractivity contribution in [3.05, 3.63) is 24.0 Å². The molecule has 0 amide bonds. The molecular weight excluding hydrogens is 268 g/mol. The van der Waals surface area contributed by atoms with Gasteiger partial charge in [0.1, 0.15) is 5.82 Å². The Kier molecular flexibility index (Phi) is 3.79. The van der Waals surface area contributed by atoms with E-state index in [1.165, 1.54) is 7.11 Å². The molecule has 1 saturated heterocycles. The molecule has 0 aliphatic carbocycles. The number of H-pyrrole nitrogens is 1. The van der Waals surface area contributed by atoms with Gasteiger partial charge in [0.2, 0.25) is 0 Å². The number of imidazole rings is 1. The van der Waals surface area contributed by atoms with E-state index in [9.17, 15) is 4.79 Å². The molecule has 1 aliphatic heterocycles. The highest BCUT2D eigenvalue weighted by Crippen LogP contribution is 2.26. The third kappa shape index (κ3) is 2.71. The summed E-state index contributed by atoms with van der Waals surface area (Å²) in [7, 11) is 1.45. The van der Waals surface area contributed by atoms with Gasteiger partial charge in [-0.3, -0.25) is 4.79 Å². The zero-order valence-corrected chi connectivity index (χ0v) is 12.1. The molecule has 0 unspecified atom stereocenters. The predicted molar refractivity (Wildman–Crippen MR) is 80.9 cm³/mol. The van der Waals surface area contributed by atoms with Crippen molar-refractivity contribution in [3.8, 4) is 0 Å². The Labute approximate surface area is 123 Å². The second-order valence-corrected chi connectivity index (χ2v) is 5.37. The number of rotatable bonds is 3. The van der Waals surface area contributed by atoms with E-state index in [0.29, 0.717) is 6.54 Å². The lowest BCUT2D eigenvalue weighted by atomic mass is 9.96. The largest absolute Gasteiger partial charge is 0.469 e. The second-order valence-electron chi connectivity index (χ2n) is 5.37. The smallest absolute Gasteiger partial charge is 0.308 e. The fourth-order valence-corrected chi connectivity index (χ4v) is 2.88. The Morgan fingerprint density at radius 3 is 2.90 bits per heavy atom. The lowest BCUT2D eigenvalue weighted by Crippen LogP contribution is -2.36. The van der Waals surface area contributed by atoms with Gasteiger partial charge in [-0.05, 0) is 31.0 Å². The standard InChI is InChI=1S/C15H20N4O2/c1-21-15(20)10-4-6-19(7-5-10)11-2-3-12-13(8-11)18-14(9-16)17-12/h2-3,8,10H,4-7,9,16H2,1H3,(H,17,18). The van der Waals surface area contributed by atoms with Crippen LogP contribution in [0.5, 0.6) is 0 Å². The molecule has 3 rings (SSSR count). The molecule has 1 aromatic heterocycles. The molecule has 6 nitrogen and oxygen atoms in total. The topological polar surface area (TPSA) is 84.2 Å². The number of nitrogens with one attached hydrogen (secondary N) is 1. The summed E-state index contributed by atoms with van der Waals surface area (Å²) in [6, 6.07) is 6.18. The van der Waals surface area contributed by atoms with Gasteiger partial charge in [0, 0.05) is 18.8 Å². The van der Waals surface area contributed by atoms with E-state index in [2.05, 4.69) is 27.0 Å². The molecule has 3 N–H and O–H groups in total. The molecule has 0 bridgehead atoms. The summed E-state index contributed by atoms with van der Waals surface area (Å²) >= 11 is 0. The highest BCUT2D eigenvalue weighted by molar-refractivity contribution is 5.80. The number of piperidine rings is 1. The van der Waals surface area contributed by atoms with Crippen LogP contribution in [0.25, 0.3) is 11.0 Å². The minimum absolute atomic E-state index is 0.0333. The van der Waals surface area contributed by atoms with Crippen molar-refractivity contribution in [3.63, 3.8) is 0 Å². The van der Waals surface area contributed by atoms with Crippen LogP contribution in [0.2, 0.25) is 0 Å². The van der Waals surface area contributed by atoms with Gasteiger partial charge in [0.25, 0.3) is 0 Å². The molecule has 6 heteroatoms. The van der Waals surface area contributed by atoms with Crippen molar-refractivity contribution in [1.82, 2.24) is 9.97 Å². The Bertz CT molecular complexity index is 644. The number of carbonyl (C=O) groups is 1. The first-order valence-corrected chi connectivity index (χ1v) is 7.22. The number of nitrogens with two attached hydrogens (primary N) is 1. The summed E-state index contributed by atoms with van der Waals surface area (Å²) in [5.41, 5.74) is 8.69. The minimum atomic E-state index is -0.0914. The quantitative estimate of drug-likeness (QED) is 0.834. The average molecular weight is 288 g/mol. The molecule has 0 spiro atoms. The average Bonchev–Trinajstić information content (AvgIpc) is 2.96. The first-order valence-electron chi connectivity index (χ1n) is 7.22. The van der Waals surface area contributed by atoms with Crippen LogP contribution in [0.15, 0.2) is 18.2 Å². The molecule has 0 radical (unpaired) electrons. The Balaban J connectivity index is 1.74. The van der Waals surface area contributed by atoms with Gasteiger partial charge in [0.05, 0.1) is 30.6 Å². The van der Waals surface area contributed by atoms with E-state index in [4.69, 9.17) is 10.5 Å². The number of esters is 1. The number of nitrogens with zero attached hydrogens (tertiary/aromatic N) is 2. The highest BCUT2D eigenvalue weighted by Gasteiger charge is 2.25. The van der Waals surface area contributed by atoms with Gasteiger partial charge in [0.15, 0.2) is 0 Å². The maximum absolute atomic E-state index is 11.6. The van der Waals surface area contributed by atoms with E-state index in [0.717, 1.165) is 48.5 Å². The van der Waals surface area contributed by atoms with Crippen LogP contribution >= 0.6 is 0 Å². The van der Waals surface area contributed by atoms with Crippen molar-refractivity contribution in [1.29, 1.82) is 0 Å². The number of carbonyl (C=O) groups excluding carboxylic acids is 1. The Hall–Kier alpha value is -2.08. The third-order valence-electron chi connectivity index (χ3n) is 4.10. The molecule has 1 aliphatic rings. The fourth-order valence-electron chi connectivity index (χ4n) is 2.88. The number of aromatic amines is 1. The number of hydrogen-bond acceptors (Lipinski definition) is 5. The van der Waals surface area contributed by atoms with Crippen LogP contribution in [0.4, 0.5) is 5.69 Å². The zero-order chi connectivity index (χ0) is 14.8. The number of benzene rings is 1. The Morgan fingerprint density at radius 2 is 2.24 bits per heavy atom. The van der Waals surface area contributed by atoms with Gasteiger partial charge in [-0.2, -0.15) is 0 Å². The lowest BCUT2D eigenvalue weighted by molar-refractivity contribution is -0.146. The minimum Gasteiger partial charge on any atom is -0.469 e. The van der Waals surface area contributed by atoms with Crippen LogP contribution in [-0.2, 0) is 16.1 Å². The second kappa shape index (κ2) is 5.73. The summed E-state index contributed by atoms with van der Waals surface area (Å²) in [5.74, 6) is 0.740. The monoisotopic (exact) mass is 288 g/mol. The molecule has 2 aromatic rings. The number of aromatic nitrogens is 2. The summed E-state index contributed by atoms with van der Waals surface area (Å²) in [6.45, 7) is 2.14. The number of hydrogen-bond donors (Lipinski definition) is 2. The van der Waals surface area contributed by atoms with E-state index in [1.807, 2.05) is 6.07 Å². The molecular formula is C15H20N4O2. The van der Waals surface area contributed by atoms with E-state index in [-0.39, 0.29) is 11.9 Å². The van der Waals surface area contributed by atoms with Gasteiger partial charge in [-0.15, -0.1) is 0 Å². The van der Waals surface area contributed by atoms with Crippen LogP contribution in [0.3, 0.4) is 0 Å². The van der Waals surface area contributed by atoms with Crippen molar-refractivity contribution >= 4 is 22.7 Å². The molecule has 1 aromatic carbocycles. The van der Waals surface area contributed by atoms with Crippen molar-refractivity contribution in [2.24, 2.45) is 11.7 Å². The maximum atomic E-state index is 11.6. The lowest BCUT2D eigenvalue weighted by Gasteiger charge is -2.32. The van der Waals surface area contributed by atoms with E-state index >= 15 is 0 Å². The van der Waals surface area contributed by atoms with Crippen LogP contribution in [-0.4, -0.2) is 36.1 Å². The van der Waals surface area contributed by atoms with Crippen LogP contribution < -0.4 is 10.6 Å². The molecule has 2 heterocycles. The van der Waals surface area contributed by atoms with E-state index in [1.54, 1.807) is 0 Å². The number of ether oxygens (including phenoxy) is 1. The maximum Gasteiger partial charge on any atom is 0.308 e. The summed E-state index contributed by atoms with van der Waals surface area (Å²) < 4.78 is 4.82. The van der Waals surface area contributed by atoms with Gasteiger partial charge in [-0.1, -0.05) is 0 Å². The molecule has 21 heavy (non-hydrogen) atoms. The van der Waals surface area contributed by atoms with Crippen molar-refractivity contribution in [2.45, 2.75) is 19.4 Å². The first-order chi connectivity index (χ1) is 10.2. The molecule has 0 atom stereocenters. The summed E-state index contributed by atoms with van der Waals surface area (Å²) in [6.07, 6.45) is 1.67. The predicted octanol–water partition coefficient (Wildman–Crippen LogP) is 1.41. The van der Waals surface area contributed by atoms with Gasteiger partial charge >= 0.3 is 5.97 Å².